The van der Waals surface area contributed by atoms with Gasteiger partial charge in [0.2, 0.25) is 0 Å². The Bertz CT molecular complexity index is 626. The molecular formula is C10H7NO3S2. The van der Waals surface area contributed by atoms with Crippen LogP contribution in [0.5, 0.6) is 0 Å². The number of H-pyrrole nitrogens is 1. The summed E-state index contributed by atoms with van der Waals surface area (Å²) in [4.78, 5) is 25.0. The summed E-state index contributed by atoms with van der Waals surface area (Å²) in [6.45, 7) is 1.19. The quantitative estimate of drug-likeness (QED) is 0.482. The number of thiazole rings is 1. The number of hydrogen-bond acceptors (Lipinski definition) is 5. The third-order valence-electron chi connectivity index (χ3n) is 1.89. The first-order valence-corrected chi connectivity index (χ1v) is 5.64. The molecule has 82 valence electrons. The first-order valence-electron chi connectivity index (χ1n) is 4.42. The number of esters is 2. The summed E-state index contributed by atoms with van der Waals surface area (Å²) in [5.41, 5.74) is 1.10. The Hall–Kier alpha value is -1.53. The van der Waals surface area contributed by atoms with Gasteiger partial charge in [0.05, 0.1) is 15.8 Å². The molecular weight excluding hydrogens is 246 g/mol. The molecule has 0 fully saturated rings. The molecule has 6 heteroatoms. The summed E-state index contributed by atoms with van der Waals surface area (Å²) < 4.78 is 6.09. The third-order valence-corrected chi connectivity index (χ3v) is 3.11. The Balaban J connectivity index is 2.42. The van der Waals surface area contributed by atoms with E-state index in [0.29, 0.717) is 9.52 Å². The van der Waals surface area contributed by atoms with Crippen LogP contribution in [0.2, 0.25) is 0 Å². The van der Waals surface area contributed by atoms with Gasteiger partial charge in [-0.3, -0.25) is 4.79 Å². The lowest BCUT2D eigenvalue weighted by atomic mass is 10.2. The highest BCUT2D eigenvalue weighted by Crippen LogP contribution is 2.20. The molecule has 0 spiro atoms. The van der Waals surface area contributed by atoms with Crippen LogP contribution in [0.1, 0.15) is 17.3 Å². The Kier molecular flexibility index (Phi) is 2.84. The first kappa shape index (κ1) is 11.0. The zero-order valence-electron chi connectivity index (χ0n) is 8.27. The second-order valence-electron chi connectivity index (χ2n) is 3.11. The zero-order chi connectivity index (χ0) is 11.7. The van der Waals surface area contributed by atoms with Gasteiger partial charge in [0.1, 0.15) is 0 Å². The van der Waals surface area contributed by atoms with E-state index in [1.54, 1.807) is 18.2 Å². The minimum absolute atomic E-state index is 0.326. The second kappa shape index (κ2) is 4.15. The fourth-order valence-corrected chi connectivity index (χ4v) is 2.36. The molecule has 1 N–H and O–H groups in total. The Morgan fingerprint density at radius 1 is 1.44 bits per heavy atom. The monoisotopic (exact) mass is 253 g/mol. The largest absolute Gasteiger partial charge is 0.390 e. The molecule has 0 atom stereocenters. The molecule has 0 aliphatic carbocycles. The minimum Gasteiger partial charge on any atom is -0.390 e. The highest BCUT2D eigenvalue weighted by atomic mass is 32.1. The third kappa shape index (κ3) is 2.17. The first-order chi connectivity index (χ1) is 7.56. The maximum Gasteiger partial charge on any atom is 0.345 e. The predicted octanol–water partition coefficient (Wildman–Crippen LogP) is 2.66. The molecule has 4 nitrogen and oxygen atoms in total. The fourth-order valence-electron chi connectivity index (χ4n) is 1.27. The van der Waals surface area contributed by atoms with Gasteiger partial charge in [0, 0.05) is 6.92 Å². The number of carbonyl (C=O) groups excluding carboxylic acids is 2. The summed E-state index contributed by atoms with van der Waals surface area (Å²) in [6, 6.07) is 4.99. The van der Waals surface area contributed by atoms with Crippen molar-refractivity contribution in [2.75, 3.05) is 0 Å². The van der Waals surface area contributed by atoms with Crippen molar-refractivity contribution in [3.63, 3.8) is 0 Å². The van der Waals surface area contributed by atoms with Crippen LogP contribution in [-0.2, 0) is 9.53 Å². The van der Waals surface area contributed by atoms with Crippen LogP contribution in [0.4, 0.5) is 0 Å². The normalized spacial score (nSPS) is 10.3. The van der Waals surface area contributed by atoms with Gasteiger partial charge in [0.15, 0.2) is 3.95 Å². The molecule has 0 aliphatic rings. The number of fused-ring (bicyclic) bond motifs is 1. The van der Waals surface area contributed by atoms with Crippen LogP contribution in [-0.4, -0.2) is 16.9 Å². The van der Waals surface area contributed by atoms with Crippen molar-refractivity contribution < 1.29 is 14.3 Å². The van der Waals surface area contributed by atoms with Gasteiger partial charge in [-0.1, -0.05) is 0 Å². The summed E-state index contributed by atoms with van der Waals surface area (Å²) in [5, 5.41) is 0. The number of aromatic nitrogens is 1. The number of carbonyl (C=O) groups is 2. The van der Waals surface area contributed by atoms with Gasteiger partial charge >= 0.3 is 11.9 Å². The number of nitrogens with one attached hydrogen (secondary N) is 1. The number of benzene rings is 1. The van der Waals surface area contributed by atoms with Crippen molar-refractivity contribution in [2.24, 2.45) is 0 Å². The van der Waals surface area contributed by atoms with Crippen molar-refractivity contribution in [2.45, 2.75) is 6.92 Å². The van der Waals surface area contributed by atoms with E-state index in [9.17, 15) is 9.59 Å². The van der Waals surface area contributed by atoms with E-state index in [4.69, 9.17) is 12.2 Å². The van der Waals surface area contributed by atoms with Crippen molar-refractivity contribution in [1.82, 2.24) is 4.98 Å². The lowest BCUT2D eigenvalue weighted by molar-refractivity contribution is -0.135. The number of hydrogen-bond donors (Lipinski definition) is 1. The topological polar surface area (TPSA) is 59.2 Å². The molecule has 1 heterocycles. The number of rotatable bonds is 1. The predicted molar refractivity (Wildman–Crippen MR) is 63.1 cm³/mol. The maximum absolute atomic E-state index is 11.4. The number of aromatic amines is 1. The van der Waals surface area contributed by atoms with Gasteiger partial charge in [-0.15, -0.1) is 11.3 Å². The molecule has 0 unspecified atom stereocenters. The molecule has 0 aliphatic heterocycles. The molecule has 0 saturated heterocycles. The SMILES string of the molecule is CC(=O)OC(=O)c1ccc2sc(=S)[nH]c2c1. The molecule has 16 heavy (non-hydrogen) atoms. The van der Waals surface area contributed by atoms with Crippen LogP contribution in [0, 0.1) is 3.95 Å². The second-order valence-corrected chi connectivity index (χ2v) is 4.83. The van der Waals surface area contributed by atoms with E-state index < -0.39 is 11.9 Å². The lowest BCUT2D eigenvalue weighted by Gasteiger charge is -1.99. The van der Waals surface area contributed by atoms with Gasteiger partial charge in [-0.2, -0.15) is 0 Å². The highest BCUT2D eigenvalue weighted by molar-refractivity contribution is 7.73. The molecule has 1 aromatic carbocycles. The van der Waals surface area contributed by atoms with Crippen LogP contribution < -0.4 is 0 Å². The summed E-state index contributed by atoms with van der Waals surface area (Å²) in [5.74, 6) is -1.27. The average molecular weight is 253 g/mol. The molecule has 0 amide bonds. The van der Waals surface area contributed by atoms with E-state index in [0.717, 1.165) is 10.2 Å². The van der Waals surface area contributed by atoms with Crippen LogP contribution in [0.3, 0.4) is 0 Å². The Morgan fingerprint density at radius 3 is 2.88 bits per heavy atom. The van der Waals surface area contributed by atoms with E-state index in [-0.39, 0.29) is 0 Å². The fraction of sp³-hybridized carbons (Fsp3) is 0.100. The number of ether oxygens (including phenoxy) is 1. The molecule has 2 aromatic rings. The lowest BCUT2D eigenvalue weighted by Crippen LogP contribution is -2.08. The van der Waals surface area contributed by atoms with Crippen LogP contribution in [0.15, 0.2) is 18.2 Å². The van der Waals surface area contributed by atoms with Crippen molar-refractivity contribution >= 4 is 45.7 Å². The molecule has 2 rings (SSSR count). The Morgan fingerprint density at radius 2 is 2.19 bits per heavy atom. The standard InChI is InChI=1S/C10H7NO3S2/c1-5(12)14-9(13)6-2-3-8-7(4-6)11-10(15)16-8/h2-4H,1H3,(H,11,15). The van der Waals surface area contributed by atoms with Crippen LogP contribution >= 0.6 is 23.6 Å². The van der Waals surface area contributed by atoms with E-state index in [1.807, 2.05) is 0 Å². The molecule has 0 radical (unpaired) electrons. The van der Waals surface area contributed by atoms with Crippen molar-refractivity contribution in [1.29, 1.82) is 0 Å². The Labute approximate surface area is 99.9 Å². The van der Waals surface area contributed by atoms with Gasteiger partial charge in [-0.25, -0.2) is 4.79 Å². The highest BCUT2D eigenvalue weighted by Gasteiger charge is 2.10. The van der Waals surface area contributed by atoms with Crippen molar-refractivity contribution in [3.05, 3.63) is 27.7 Å². The summed E-state index contributed by atoms with van der Waals surface area (Å²) in [6.07, 6.45) is 0. The minimum atomic E-state index is -0.653. The van der Waals surface area contributed by atoms with E-state index >= 15 is 0 Å². The zero-order valence-corrected chi connectivity index (χ0v) is 9.91. The summed E-state index contributed by atoms with van der Waals surface area (Å²) >= 11 is 6.41. The molecule has 0 saturated carbocycles. The van der Waals surface area contributed by atoms with Gasteiger partial charge < -0.3 is 9.72 Å². The van der Waals surface area contributed by atoms with Gasteiger partial charge in [0.25, 0.3) is 0 Å². The smallest absolute Gasteiger partial charge is 0.345 e. The van der Waals surface area contributed by atoms with E-state index in [1.165, 1.54) is 18.3 Å². The van der Waals surface area contributed by atoms with Crippen molar-refractivity contribution in [3.8, 4) is 0 Å². The van der Waals surface area contributed by atoms with Gasteiger partial charge in [-0.05, 0) is 30.4 Å². The molecule has 0 bridgehead atoms. The van der Waals surface area contributed by atoms with Crippen LogP contribution in [0.25, 0.3) is 10.2 Å². The average Bonchev–Trinajstić information content (AvgIpc) is 2.55. The maximum atomic E-state index is 11.4. The van der Waals surface area contributed by atoms with E-state index in [2.05, 4.69) is 9.72 Å². The molecule has 1 aromatic heterocycles. The summed E-state index contributed by atoms with van der Waals surface area (Å²) in [7, 11) is 0.